The number of nitrogens with zero attached hydrogens (tertiary/aromatic N) is 2. The van der Waals surface area contributed by atoms with Gasteiger partial charge in [0.2, 0.25) is 5.91 Å². The van der Waals surface area contributed by atoms with Gasteiger partial charge in [-0.2, -0.15) is 5.10 Å². The second-order valence-corrected chi connectivity index (χ2v) is 5.44. The normalized spacial score (nSPS) is 12.0. The average Bonchev–Trinajstić information content (AvgIpc) is 2.91. The first-order valence-corrected chi connectivity index (χ1v) is 7.19. The van der Waals surface area contributed by atoms with Crippen LogP contribution < -0.4 is 5.32 Å². The summed E-state index contributed by atoms with van der Waals surface area (Å²) in [5.41, 5.74) is 0.987. The van der Waals surface area contributed by atoms with Crippen LogP contribution in [0.15, 0.2) is 30.6 Å². The summed E-state index contributed by atoms with van der Waals surface area (Å²) >= 11 is 5.57. The van der Waals surface area contributed by atoms with Crippen LogP contribution in [0.25, 0.3) is 0 Å². The molecule has 0 bridgehead atoms. The fourth-order valence-corrected chi connectivity index (χ4v) is 2.19. The van der Waals surface area contributed by atoms with E-state index >= 15 is 0 Å². The van der Waals surface area contributed by atoms with Crippen molar-refractivity contribution in [3.63, 3.8) is 0 Å². The van der Waals surface area contributed by atoms with Gasteiger partial charge in [0, 0.05) is 19.7 Å². The minimum Gasteiger partial charge on any atom is -0.479 e. The molecule has 1 aromatic heterocycles. The van der Waals surface area contributed by atoms with E-state index in [4.69, 9.17) is 11.6 Å². The number of hydrogen-bond donors (Lipinski definition) is 2. The first-order chi connectivity index (χ1) is 10.9. The highest BCUT2D eigenvalue weighted by Crippen LogP contribution is 2.20. The van der Waals surface area contributed by atoms with Crippen LogP contribution >= 0.6 is 11.6 Å². The molecular formula is C15H15ClFN3O3. The zero-order valence-corrected chi connectivity index (χ0v) is 13.0. The van der Waals surface area contributed by atoms with E-state index in [1.54, 1.807) is 24.1 Å². The summed E-state index contributed by atoms with van der Waals surface area (Å²) in [5.74, 6) is -2.46. The Morgan fingerprint density at radius 3 is 2.78 bits per heavy atom. The molecule has 1 unspecified atom stereocenters. The predicted octanol–water partition coefficient (Wildman–Crippen LogP) is 2.09. The van der Waals surface area contributed by atoms with E-state index in [0.29, 0.717) is 6.42 Å². The lowest BCUT2D eigenvalue weighted by atomic mass is 10.1. The van der Waals surface area contributed by atoms with Crippen molar-refractivity contribution in [2.75, 3.05) is 0 Å². The quantitative estimate of drug-likeness (QED) is 0.844. The monoisotopic (exact) mass is 339 g/mol. The Kier molecular flexibility index (Phi) is 5.33. The van der Waals surface area contributed by atoms with Crippen molar-refractivity contribution >= 4 is 23.5 Å². The molecule has 1 aromatic carbocycles. The maximum Gasteiger partial charge on any atom is 0.330 e. The van der Waals surface area contributed by atoms with E-state index in [9.17, 15) is 19.1 Å². The summed E-state index contributed by atoms with van der Waals surface area (Å²) in [6, 6.07) is 2.29. The molecule has 2 N–H and O–H groups in total. The van der Waals surface area contributed by atoms with Gasteiger partial charge in [-0.3, -0.25) is 9.48 Å². The zero-order valence-electron chi connectivity index (χ0n) is 12.3. The van der Waals surface area contributed by atoms with Gasteiger partial charge in [-0.25, -0.2) is 9.18 Å². The second kappa shape index (κ2) is 7.23. The van der Waals surface area contributed by atoms with Gasteiger partial charge in [-0.1, -0.05) is 17.7 Å². The number of carboxylic acid groups (broad SMARTS) is 1. The molecular weight excluding hydrogens is 325 g/mol. The van der Waals surface area contributed by atoms with Gasteiger partial charge in [0.1, 0.15) is 5.82 Å². The fraction of sp³-hybridized carbons (Fsp3) is 0.267. The van der Waals surface area contributed by atoms with Gasteiger partial charge >= 0.3 is 5.97 Å². The van der Waals surface area contributed by atoms with Crippen molar-refractivity contribution in [2.24, 2.45) is 7.05 Å². The van der Waals surface area contributed by atoms with E-state index in [0.717, 1.165) is 11.6 Å². The number of aliphatic carboxylic acids is 1. The van der Waals surface area contributed by atoms with Crippen molar-refractivity contribution < 1.29 is 19.1 Å². The highest BCUT2D eigenvalue weighted by Gasteiger charge is 2.23. The Hall–Kier alpha value is -2.41. The predicted molar refractivity (Wildman–Crippen MR) is 81.5 cm³/mol. The van der Waals surface area contributed by atoms with Gasteiger partial charge < -0.3 is 10.4 Å². The summed E-state index contributed by atoms with van der Waals surface area (Å²) in [4.78, 5) is 23.3. The first kappa shape index (κ1) is 17.0. The average molecular weight is 340 g/mol. The summed E-state index contributed by atoms with van der Waals surface area (Å²) in [6.07, 6.45) is 3.94. The summed E-state index contributed by atoms with van der Waals surface area (Å²) in [6.45, 7) is 0. The Bertz CT molecular complexity index is 733. The number of hydrogen-bond acceptors (Lipinski definition) is 3. The minimum absolute atomic E-state index is 0.103. The van der Waals surface area contributed by atoms with Crippen molar-refractivity contribution in [1.29, 1.82) is 0 Å². The lowest BCUT2D eigenvalue weighted by Gasteiger charge is -2.15. The molecule has 0 aliphatic carbocycles. The zero-order chi connectivity index (χ0) is 17.0. The standard InChI is InChI=1S/C15H15ClFN3O3/c1-20-8-9(7-18-20)2-5-13(21)19-14(15(22)23)10-3-4-11(16)12(17)6-10/h3-4,6-8,14H,2,5H2,1H3,(H,19,21)(H,22,23). The molecule has 2 aromatic rings. The molecule has 0 aliphatic rings. The number of aryl methyl sites for hydroxylation is 2. The largest absolute Gasteiger partial charge is 0.479 e. The van der Waals surface area contributed by atoms with Gasteiger partial charge in [-0.05, 0) is 29.7 Å². The van der Waals surface area contributed by atoms with Crippen LogP contribution in [-0.2, 0) is 23.1 Å². The maximum absolute atomic E-state index is 13.5. The number of benzene rings is 1. The molecule has 1 amide bonds. The van der Waals surface area contributed by atoms with Crippen molar-refractivity contribution in [3.05, 3.63) is 52.6 Å². The van der Waals surface area contributed by atoms with Crippen LogP contribution in [-0.4, -0.2) is 26.8 Å². The molecule has 8 heteroatoms. The molecule has 0 radical (unpaired) electrons. The summed E-state index contributed by atoms with van der Waals surface area (Å²) in [7, 11) is 1.76. The number of carbonyl (C=O) groups is 2. The number of amides is 1. The Morgan fingerprint density at radius 2 is 2.22 bits per heavy atom. The summed E-state index contributed by atoms with van der Waals surface area (Å²) < 4.78 is 15.1. The smallest absolute Gasteiger partial charge is 0.330 e. The van der Waals surface area contributed by atoms with Crippen LogP contribution in [0, 0.1) is 5.82 Å². The highest BCUT2D eigenvalue weighted by atomic mass is 35.5. The highest BCUT2D eigenvalue weighted by molar-refractivity contribution is 6.30. The molecule has 0 saturated heterocycles. The Balaban J connectivity index is 2.02. The molecule has 2 rings (SSSR count). The number of halogens is 2. The maximum atomic E-state index is 13.5. The third-order valence-corrected chi connectivity index (χ3v) is 3.53. The molecule has 6 nitrogen and oxygen atoms in total. The molecule has 0 fully saturated rings. The molecule has 0 saturated carbocycles. The van der Waals surface area contributed by atoms with Crippen LogP contribution in [0.5, 0.6) is 0 Å². The van der Waals surface area contributed by atoms with Crippen molar-refractivity contribution in [3.8, 4) is 0 Å². The Labute approximate surface area is 136 Å². The molecule has 1 heterocycles. The van der Waals surface area contributed by atoms with E-state index in [1.165, 1.54) is 12.1 Å². The second-order valence-electron chi connectivity index (χ2n) is 5.03. The molecule has 1 atom stereocenters. The number of nitrogens with one attached hydrogen (secondary N) is 1. The first-order valence-electron chi connectivity index (χ1n) is 6.81. The number of rotatable bonds is 6. The van der Waals surface area contributed by atoms with Gasteiger partial charge in [0.25, 0.3) is 0 Å². The minimum atomic E-state index is -1.33. The third kappa shape index (κ3) is 4.53. The van der Waals surface area contributed by atoms with Gasteiger partial charge in [-0.15, -0.1) is 0 Å². The van der Waals surface area contributed by atoms with E-state index in [-0.39, 0.29) is 17.0 Å². The number of carboxylic acids is 1. The van der Waals surface area contributed by atoms with E-state index in [1.807, 2.05) is 0 Å². The van der Waals surface area contributed by atoms with Crippen molar-refractivity contribution in [1.82, 2.24) is 15.1 Å². The number of aromatic nitrogens is 2. The SMILES string of the molecule is Cn1cc(CCC(=O)NC(C(=O)O)c2ccc(Cl)c(F)c2)cn1. The third-order valence-electron chi connectivity index (χ3n) is 3.23. The lowest BCUT2D eigenvalue weighted by molar-refractivity contribution is -0.142. The molecule has 0 aliphatic heterocycles. The molecule has 0 spiro atoms. The van der Waals surface area contributed by atoms with E-state index in [2.05, 4.69) is 10.4 Å². The molecule has 23 heavy (non-hydrogen) atoms. The topological polar surface area (TPSA) is 84.2 Å². The van der Waals surface area contributed by atoms with Gasteiger partial charge in [0.05, 0.1) is 11.2 Å². The lowest BCUT2D eigenvalue weighted by Crippen LogP contribution is -2.33. The van der Waals surface area contributed by atoms with Crippen LogP contribution in [0.2, 0.25) is 5.02 Å². The summed E-state index contributed by atoms with van der Waals surface area (Å²) in [5, 5.41) is 15.5. The Morgan fingerprint density at radius 1 is 1.48 bits per heavy atom. The van der Waals surface area contributed by atoms with Crippen LogP contribution in [0.3, 0.4) is 0 Å². The van der Waals surface area contributed by atoms with Crippen LogP contribution in [0.1, 0.15) is 23.6 Å². The van der Waals surface area contributed by atoms with E-state index < -0.39 is 23.7 Å². The van der Waals surface area contributed by atoms with Gasteiger partial charge in [0.15, 0.2) is 6.04 Å². The van der Waals surface area contributed by atoms with Crippen LogP contribution in [0.4, 0.5) is 4.39 Å². The van der Waals surface area contributed by atoms with Crippen molar-refractivity contribution in [2.45, 2.75) is 18.9 Å². The number of carbonyl (C=O) groups excluding carboxylic acids is 1. The fourth-order valence-electron chi connectivity index (χ4n) is 2.07. The molecule has 122 valence electrons.